The molecule has 3 aromatic rings. The highest BCUT2D eigenvalue weighted by atomic mass is 35.5. The van der Waals surface area contributed by atoms with Gasteiger partial charge in [0.1, 0.15) is 10.3 Å². The fraction of sp³-hybridized carbons (Fsp3) is 0.409. The number of fused-ring (bicyclic) bond motifs is 1. The predicted octanol–water partition coefficient (Wildman–Crippen LogP) is 3.91. The maximum atomic E-state index is 13.2. The second-order valence-corrected chi connectivity index (χ2v) is 9.29. The standard InChI is InChI=1S/C22H24ClN5OS/c23-17-5-1-6-18(14-17)26-10-12-27(13-11-26)21(29)16-4-3-9-28(15-16)22-25-19-7-2-8-24-20(19)30-22/h1-2,5-8,14,16H,3-4,9-13,15H2/t16-/m1/s1. The van der Waals surface area contributed by atoms with Crippen molar-refractivity contribution in [1.29, 1.82) is 0 Å². The van der Waals surface area contributed by atoms with Gasteiger partial charge in [-0.15, -0.1) is 0 Å². The molecule has 2 aliphatic rings. The Kier molecular flexibility index (Phi) is 5.48. The number of carbonyl (C=O) groups excluding carboxylic acids is 1. The molecule has 0 bridgehead atoms. The average molecular weight is 442 g/mol. The molecule has 0 unspecified atom stereocenters. The number of rotatable bonds is 3. The lowest BCUT2D eigenvalue weighted by molar-refractivity contribution is -0.136. The molecule has 0 aliphatic carbocycles. The molecule has 2 saturated heterocycles. The van der Waals surface area contributed by atoms with Crippen molar-refractivity contribution in [2.75, 3.05) is 49.1 Å². The summed E-state index contributed by atoms with van der Waals surface area (Å²) in [5.41, 5.74) is 2.06. The number of halogens is 1. The number of pyridine rings is 1. The molecule has 0 saturated carbocycles. The smallest absolute Gasteiger partial charge is 0.227 e. The first kappa shape index (κ1) is 19.6. The van der Waals surface area contributed by atoms with E-state index < -0.39 is 0 Å². The Labute approximate surface area is 185 Å². The Hall–Kier alpha value is -2.38. The lowest BCUT2D eigenvalue weighted by Gasteiger charge is -2.39. The van der Waals surface area contributed by atoms with Crippen molar-refractivity contribution in [2.24, 2.45) is 5.92 Å². The van der Waals surface area contributed by atoms with Gasteiger partial charge in [0.05, 0.1) is 5.92 Å². The molecule has 2 fully saturated rings. The number of hydrogen-bond donors (Lipinski definition) is 0. The highest BCUT2D eigenvalue weighted by molar-refractivity contribution is 7.21. The molecule has 1 amide bonds. The van der Waals surface area contributed by atoms with Crippen LogP contribution in [0.3, 0.4) is 0 Å². The molecule has 0 spiro atoms. The van der Waals surface area contributed by atoms with Crippen LogP contribution in [0.25, 0.3) is 10.3 Å². The normalized spacial score (nSPS) is 20.0. The van der Waals surface area contributed by atoms with E-state index >= 15 is 0 Å². The fourth-order valence-electron chi connectivity index (χ4n) is 4.36. The van der Waals surface area contributed by atoms with Crippen LogP contribution in [0.1, 0.15) is 12.8 Å². The monoisotopic (exact) mass is 441 g/mol. The largest absolute Gasteiger partial charge is 0.368 e. The molecule has 1 atom stereocenters. The van der Waals surface area contributed by atoms with E-state index in [-0.39, 0.29) is 11.8 Å². The van der Waals surface area contributed by atoms with Crippen LogP contribution >= 0.6 is 22.9 Å². The number of piperidine rings is 1. The molecule has 5 rings (SSSR count). The van der Waals surface area contributed by atoms with Crippen molar-refractivity contribution >= 4 is 50.0 Å². The summed E-state index contributed by atoms with van der Waals surface area (Å²) in [5, 5.41) is 1.73. The molecule has 156 valence electrons. The van der Waals surface area contributed by atoms with E-state index in [1.165, 1.54) is 0 Å². The van der Waals surface area contributed by atoms with E-state index in [9.17, 15) is 4.79 Å². The molecule has 0 radical (unpaired) electrons. The van der Waals surface area contributed by atoms with E-state index in [1.54, 1.807) is 17.5 Å². The van der Waals surface area contributed by atoms with Gasteiger partial charge in [0.15, 0.2) is 5.13 Å². The van der Waals surface area contributed by atoms with Crippen LogP contribution in [0.5, 0.6) is 0 Å². The summed E-state index contributed by atoms with van der Waals surface area (Å²) in [5.74, 6) is 0.320. The third-order valence-electron chi connectivity index (χ3n) is 5.96. The van der Waals surface area contributed by atoms with E-state index in [1.807, 2.05) is 35.2 Å². The van der Waals surface area contributed by atoms with Gasteiger partial charge in [-0.1, -0.05) is 29.0 Å². The number of nitrogens with zero attached hydrogens (tertiary/aromatic N) is 5. The topological polar surface area (TPSA) is 52.6 Å². The second kappa shape index (κ2) is 8.40. The average Bonchev–Trinajstić information content (AvgIpc) is 3.23. The van der Waals surface area contributed by atoms with Crippen molar-refractivity contribution in [3.63, 3.8) is 0 Å². The molecule has 2 aliphatic heterocycles. The van der Waals surface area contributed by atoms with E-state index in [0.29, 0.717) is 0 Å². The maximum absolute atomic E-state index is 13.2. The number of amides is 1. The second-order valence-electron chi connectivity index (χ2n) is 7.90. The predicted molar refractivity (Wildman–Crippen MR) is 123 cm³/mol. The summed E-state index contributed by atoms with van der Waals surface area (Å²) in [6.07, 6.45) is 3.77. The molecule has 30 heavy (non-hydrogen) atoms. The van der Waals surface area contributed by atoms with Gasteiger partial charge in [0.25, 0.3) is 0 Å². The van der Waals surface area contributed by atoms with Crippen LogP contribution in [-0.2, 0) is 4.79 Å². The van der Waals surface area contributed by atoms with Crippen molar-refractivity contribution < 1.29 is 4.79 Å². The summed E-state index contributed by atoms with van der Waals surface area (Å²) in [7, 11) is 0. The molecule has 2 aromatic heterocycles. The van der Waals surface area contributed by atoms with Gasteiger partial charge in [-0.25, -0.2) is 9.97 Å². The maximum Gasteiger partial charge on any atom is 0.227 e. The van der Waals surface area contributed by atoms with Crippen LogP contribution in [0.15, 0.2) is 42.6 Å². The summed E-state index contributed by atoms with van der Waals surface area (Å²) >= 11 is 7.74. The first-order chi connectivity index (χ1) is 14.7. The van der Waals surface area contributed by atoms with Gasteiger partial charge in [-0.2, -0.15) is 0 Å². The van der Waals surface area contributed by atoms with Crippen LogP contribution in [0.4, 0.5) is 10.8 Å². The van der Waals surface area contributed by atoms with E-state index in [4.69, 9.17) is 16.6 Å². The highest BCUT2D eigenvalue weighted by Gasteiger charge is 2.32. The number of thiazole rings is 1. The van der Waals surface area contributed by atoms with Gasteiger partial charge in [-0.05, 0) is 43.2 Å². The van der Waals surface area contributed by atoms with Crippen molar-refractivity contribution in [2.45, 2.75) is 12.8 Å². The third-order valence-corrected chi connectivity index (χ3v) is 7.24. The van der Waals surface area contributed by atoms with Gasteiger partial charge >= 0.3 is 0 Å². The molecular weight excluding hydrogens is 418 g/mol. The van der Waals surface area contributed by atoms with Crippen molar-refractivity contribution in [1.82, 2.24) is 14.9 Å². The molecule has 1 aromatic carbocycles. The van der Waals surface area contributed by atoms with Crippen LogP contribution in [0, 0.1) is 5.92 Å². The lowest BCUT2D eigenvalue weighted by Crippen LogP contribution is -2.52. The molecule has 4 heterocycles. The lowest BCUT2D eigenvalue weighted by atomic mass is 9.96. The van der Waals surface area contributed by atoms with Gasteiger partial charge in [0, 0.05) is 56.2 Å². The Morgan fingerprint density at radius 2 is 1.93 bits per heavy atom. The Bertz CT molecular complexity index is 1020. The minimum Gasteiger partial charge on any atom is -0.368 e. The number of aromatic nitrogens is 2. The molecule has 0 N–H and O–H groups in total. The number of anilines is 2. The zero-order valence-electron chi connectivity index (χ0n) is 16.7. The Balaban J connectivity index is 1.22. The summed E-state index contributed by atoms with van der Waals surface area (Å²) in [4.78, 5) is 29.9. The van der Waals surface area contributed by atoms with Crippen LogP contribution < -0.4 is 9.80 Å². The van der Waals surface area contributed by atoms with Gasteiger partial charge in [-0.3, -0.25) is 4.79 Å². The first-order valence-electron chi connectivity index (χ1n) is 10.4. The van der Waals surface area contributed by atoms with E-state index in [2.05, 4.69) is 20.9 Å². The Morgan fingerprint density at radius 3 is 2.73 bits per heavy atom. The van der Waals surface area contributed by atoms with Crippen LogP contribution in [-0.4, -0.2) is 60.0 Å². The van der Waals surface area contributed by atoms with Gasteiger partial charge in [0.2, 0.25) is 5.91 Å². The number of carbonyl (C=O) groups is 1. The summed E-state index contributed by atoms with van der Waals surface area (Å²) in [6.45, 7) is 4.89. The van der Waals surface area contributed by atoms with Crippen molar-refractivity contribution in [3.05, 3.63) is 47.6 Å². The van der Waals surface area contributed by atoms with E-state index in [0.717, 1.165) is 78.3 Å². The summed E-state index contributed by atoms with van der Waals surface area (Å²) < 4.78 is 0. The number of hydrogen-bond acceptors (Lipinski definition) is 6. The molecule has 6 nitrogen and oxygen atoms in total. The summed E-state index contributed by atoms with van der Waals surface area (Å²) in [6, 6.07) is 11.8. The zero-order chi connectivity index (χ0) is 20.5. The minimum atomic E-state index is 0.0384. The quantitative estimate of drug-likeness (QED) is 0.616. The fourth-order valence-corrected chi connectivity index (χ4v) is 5.49. The highest BCUT2D eigenvalue weighted by Crippen LogP contribution is 2.31. The van der Waals surface area contributed by atoms with Gasteiger partial charge < -0.3 is 14.7 Å². The minimum absolute atomic E-state index is 0.0384. The first-order valence-corrected chi connectivity index (χ1v) is 11.6. The number of piperazine rings is 1. The number of benzene rings is 1. The third kappa shape index (κ3) is 3.96. The SMILES string of the molecule is O=C([C@@H]1CCCN(c2nc3cccnc3s2)C1)N1CCN(c2cccc(Cl)c2)CC1. The van der Waals surface area contributed by atoms with Crippen molar-refractivity contribution in [3.8, 4) is 0 Å². The molecule has 8 heteroatoms. The molecular formula is C22H24ClN5OS. The van der Waals surface area contributed by atoms with Crippen LogP contribution in [0.2, 0.25) is 5.02 Å². The zero-order valence-corrected chi connectivity index (χ0v) is 18.3. The Morgan fingerprint density at radius 1 is 1.07 bits per heavy atom.